The van der Waals surface area contributed by atoms with Crippen molar-refractivity contribution >= 4 is 15.9 Å². The lowest BCUT2D eigenvalue weighted by molar-refractivity contribution is -0.137. The largest absolute Gasteiger partial charge is 0.487 e. The molecule has 12 heteroatoms. The summed E-state index contributed by atoms with van der Waals surface area (Å²) in [5, 5.41) is 2.56. The Labute approximate surface area is 248 Å². The van der Waals surface area contributed by atoms with Gasteiger partial charge in [-0.05, 0) is 76.2 Å². The molecule has 43 heavy (non-hydrogen) atoms. The number of nitrogens with one attached hydrogen (secondary N) is 2. The van der Waals surface area contributed by atoms with Crippen LogP contribution in [0.3, 0.4) is 0 Å². The fourth-order valence-electron chi connectivity index (χ4n) is 4.08. The van der Waals surface area contributed by atoms with E-state index < -0.39 is 33.2 Å². The van der Waals surface area contributed by atoms with Gasteiger partial charge in [-0.25, -0.2) is 13.1 Å². The molecule has 0 atom stereocenters. The second kappa shape index (κ2) is 12.5. The molecule has 226 valence electrons. The fraction of sp³-hybridized carbons (Fsp3) is 0.258. The van der Waals surface area contributed by atoms with Gasteiger partial charge in [0.15, 0.2) is 0 Å². The van der Waals surface area contributed by atoms with Crippen molar-refractivity contribution in [3.8, 4) is 17.0 Å². The second-order valence-electron chi connectivity index (χ2n) is 10.9. The molecule has 2 heterocycles. The molecule has 8 nitrogen and oxygen atoms in total. The van der Waals surface area contributed by atoms with Crippen molar-refractivity contribution in [1.82, 2.24) is 20.0 Å². The molecule has 4 rings (SSSR count). The number of alkyl halides is 3. The van der Waals surface area contributed by atoms with E-state index >= 15 is 0 Å². The number of pyridine rings is 2. The summed E-state index contributed by atoms with van der Waals surface area (Å²) in [4.78, 5) is 21.2. The number of hydrogen-bond donors (Lipinski definition) is 2. The Morgan fingerprint density at radius 3 is 2.33 bits per heavy atom. The van der Waals surface area contributed by atoms with Crippen LogP contribution in [-0.2, 0) is 29.4 Å². The molecule has 0 saturated carbocycles. The number of amides is 1. The van der Waals surface area contributed by atoms with Crippen LogP contribution in [-0.4, -0.2) is 29.8 Å². The molecule has 0 aliphatic carbocycles. The van der Waals surface area contributed by atoms with Crippen LogP contribution in [0.25, 0.3) is 11.3 Å². The Morgan fingerprint density at radius 1 is 0.930 bits per heavy atom. The van der Waals surface area contributed by atoms with E-state index in [-0.39, 0.29) is 23.6 Å². The predicted octanol–water partition coefficient (Wildman–Crippen LogP) is 6.06. The molecule has 0 radical (unpaired) electrons. The summed E-state index contributed by atoms with van der Waals surface area (Å²) in [7, 11) is -3.79. The molecule has 0 unspecified atom stereocenters. The maximum Gasteiger partial charge on any atom is 0.416 e. The smallest absolute Gasteiger partial charge is 0.416 e. The topological polar surface area (TPSA) is 110 Å². The molecule has 0 fully saturated rings. The highest BCUT2D eigenvalue weighted by molar-refractivity contribution is 7.89. The van der Waals surface area contributed by atoms with Crippen LogP contribution in [0.15, 0.2) is 84.0 Å². The highest BCUT2D eigenvalue weighted by Gasteiger charge is 2.31. The van der Waals surface area contributed by atoms with Crippen molar-refractivity contribution in [2.24, 2.45) is 0 Å². The first kappa shape index (κ1) is 31.6. The molecule has 0 aliphatic rings. The van der Waals surface area contributed by atoms with Gasteiger partial charge < -0.3 is 10.1 Å². The van der Waals surface area contributed by atoms with Gasteiger partial charge in [0.05, 0.1) is 34.6 Å². The molecule has 1 amide bonds. The normalized spacial score (nSPS) is 12.2. The van der Waals surface area contributed by atoms with Gasteiger partial charge in [-0.1, -0.05) is 23.8 Å². The van der Waals surface area contributed by atoms with Crippen LogP contribution < -0.4 is 14.8 Å². The van der Waals surface area contributed by atoms with Crippen LogP contribution in [0.1, 0.15) is 53.5 Å². The minimum Gasteiger partial charge on any atom is -0.487 e. The average Bonchev–Trinajstić information content (AvgIpc) is 2.94. The van der Waals surface area contributed by atoms with E-state index in [9.17, 15) is 26.4 Å². The minimum absolute atomic E-state index is 0.0165. The zero-order valence-corrected chi connectivity index (χ0v) is 24.8. The van der Waals surface area contributed by atoms with E-state index in [1.807, 2.05) is 6.92 Å². The van der Waals surface area contributed by atoms with Crippen molar-refractivity contribution in [3.63, 3.8) is 0 Å². The van der Waals surface area contributed by atoms with Crippen LogP contribution in [0, 0.1) is 6.92 Å². The van der Waals surface area contributed by atoms with E-state index in [0.29, 0.717) is 22.7 Å². The SMILES string of the molecule is Cc1ccc(S(=O)(=O)NC(C)(C)C)c(-c2ccc(COc3ccc(CNC(=O)c4cccc(C(F)(F)F)c4)nc3)cn2)c1. The number of carbonyl (C=O) groups excluding carboxylic acids is 1. The van der Waals surface area contributed by atoms with Crippen LogP contribution in [0.2, 0.25) is 0 Å². The molecular formula is C31H31F3N4O4S. The van der Waals surface area contributed by atoms with E-state index in [1.165, 1.54) is 18.3 Å². The maximum atomic E-state index is 13.1. The Bertz CT molecular complexity index is 1700. The highest BCUT2D eigenvalue weighted by atomic mass is 32.2. The van der Waals surface area contributed by atoms with Gasteiger partial charge in [-0.2, -0.15) is 13.2 Å². The van der Waals surface area contributed by atoms with Gasteiger partial charge >= 0.3 is 6.18 Å². The number of carbonyl (C=O) groups is 1. The Morgan fingerprint density at radius 2 is 1.70 bits per heavy atom. The zero-order valence-electron chi connectivity index (χ0n) is 24.0. The summed E-state index contributed by atoms with van der Waals surface area (Å²) in [5.74, 6) is -0.192. The number of nitrogens with zero attached hydrogens (tertiary/aromatic N) is 2. The number of aromatic nitrogens is 2. The molecule has 0 saturated heterocycles. The molecule has 0 spiro atoms. The lowest BCUT2D eigenvalue weighted by atomic mass is 10.1. The van der Waals surface area contributed by atoms with E-state index in [1.54, 1.807) is 69.4 Å². The average molecular weight is 613 g/mol. The maximum absolute atomic E-state index is 13.1. The van der Waals surface area contributed by atoms with Crippen molar-refractivity contribution in [1.29, 1.82) is 0 Å². The van der Waals surface area contributed by atoms with Crippen molar-refractivity contribution < 1.29 is 31.1 Å². The van der Waals surface area contributed by atoms with E-state index in [2.05, 4.69) is 20.0 Å². The monoisotopic (exact) mass is 612 g/mol. The Balaban J connectivity index is 1.36. The van der Waals surface area contributed by atoms with Gasteiger partial charge in [0.2, 0.25) is 10.0 Å². The summed E-state index contributed by atoms with van der Waals surface area (Å²) < 4.78 is 73.3. The molecule has 0 bridgehead atoms. The fourth-order valence-corrected chi connectivity index (χ4v) is 5.70. The van der Waals surface area contributed by atoms with Crippen molar-refractivity contribution in [3.05, 3.63) is 107 Å². The first-order valence-corrected chi connectivity index (χ1v) is 14.7. The summed E-state index contributed by atoms with van der Waals surface area (Å²) in [6.45, 7) is 7.39. The number of halogens is 3. The zero-order chi connectivity index (χ0) is 31.4. The standard InChI is InChI=1S/C31H31F3N4O4S/c1-20-8-13-28(43(40,41)38-30(2,3)4)26(14-20)27-12-9-21(16-36-27)19-42-25-11-10-24(35-18-25)17-37-29(39)22-6-5-7-23(15-22)31(32,33)34/h5-16,18,38H,17,19H2,1-4H3,(H,37,39). The summed E-state index contributed by atoms with van der Waals surface area (Å²) in [6, 6.07) is 16.1. The lowest BCUT2D eigenvalue weighted by Crippen LogP contribution is -2.40. The number of sulfonamides is 1. The molecule has 4 aromatic rings. The first-order chi connectivity index (χ1) is 20.1. The van der Waals surface area contributed by atoms with Gasteiger partial charge in [0.25, 0.3) is 5.91 Å². The summed E-state index contributed by atoms with van der Waals surface area (Å²) >= 11 is 0. The van der Waals surface area contributed by atoms with Crippen LogP contribution in [0.5, 0.6) is 5.75 Å². The van der Waals surface area contributed by atoms with Gasteiger partial charge in [0, 0.05) is 28.4 Å². The number of ether oxygens (including phenoxy) is 1. The van der Waals surface area contributed by atoms with Gasteiger partial charge in [0.1, 0.15) is 12.4 Å². The third-order valence-electron chi connectivity index (χ3n) is 6.05. The first-order valence-electron chi connectivity index (χ1n) is 13.2. The third-order valence-corrected chi connectivity index (χ3v) is 7.87. The third kappa shape index (κ3) is 8.62. The van der Waals surface area contributed by atoms with Gasteiger partial charge in [-0.3, -0.25) is 14.8 Å². The lowest BCUT2D eigenvalue weighted by Gasteiger charge is -2.21. The van der Waals surface area contributed by atoms with Crippen LogP contribution >= 0.6 is 0 Å². The number of rotatable bonds is 9. The Hall–Kier alpha value is -4.29. The number of benzene rings is 2. The molecular weight excluding hydrogens is 581 g/mol. The van der Waals surface area contributed by atoms with E-state index in [0.717, 1.165) is 23.3 Å². The predicted molar refractivity (Wildman–Crippen MR) is 156 cm³/mol. The minimum atomic E-state index is -4.54. The Kier molecular flexibility index (Phi) is 9.21. The van der Waals surface area contributed by atoms with Crippen LogP contribution in [0.4, 0.5) is 13.2 Å². The quantitative estimate of drug-likeness (QED) is 0.238. The van der Waals surface area contributed by atoms with E-state index in [4.69, 9.17) is 4.74 Å². The highest BCUT2D eigenvalue weighted by Crippen LogP contribution is 2.30. The molecule has 2 N–H and O–H groups in total. The molecule has 2 aromatic heterocycles. The number of hydrogen-bond acceptors (Lipinski definition) is 6. The second-order valence-corrected chi connectivity index (χ2v) is 12.6. The number of aryl methyl sites for hydroxylation is 1. The van der Waals surface area contributed by atoms with Gasteiger partial charge in [-0.15, -0.1) is 0 Å². The molecule has 0 aliphatic heterocycles. The van der Waals surface area contributed by atoms with Crippen molar-refractivity contribution in [2.45, 2.75) is 57.5 Å². The summed E-state index contributed by atoms with van der Waals surface area (Å²) in [6.07, 6.45) is -1.46. The summed E-state index contributed by atoms with van der Waals surface area (Å²) in [5.41, 5.74) is 1.47. The molecule has 2 aromatic carbocycles. The van der Waals surface area contributed by atoms with Crippen molar-refractivity contribution in [2.75, 3.05) is 0 Å².